The predicted molar refractivity (Wildman–Crippen MR) is 47.3 cm³/mol. The van der Waals surface area contributed by atoms with Crippen molar-refractivity contribution in [2.45, 2.75) is 19.2 Å². The highest BCUT2D eigenvalue weighted by Crippen LogP contribution is 2.44. The van der Waals surface area contributed by atoms with Gasteiger partial charge in [0.1, 0.15) is 17.9 Å². The highest BCUT2D eigenvalue weighted by atomic mass is 19.4. The van der Waals surface area contributed by atoms with E-state index in [0.29, 0.717) is 7.11 Å². The number of pyridine rings is 1. The van der Waals surface area contributed by atoms with Crippen LogP contribution in [0.15, 0.2) is 6.20 Å². The van der Waals surface area contributed by atoms with Crippen LogP contribution in [-0.2, 0) is 12.9 Å². The summed E-state index contributed by atoms with van der Waals surface area (Å²) in [5.74, 6) is -2.71. The molecule has 0 saturated heterocycles. The summed E-state index contributed by atoms with van der Waals surface area (Å²) in [5, 5.41) is 0. The van der Waals surface area contributed by atoms with E-state index in [1.165, 1.54) is 0 Å². The van der Waals surface area contributed by atoms with E-state index < -0.39 is 42.0 Å². The van der Waals surface area contributed by atoms with Gasteiger partial charge in [-0.25, -0.2) is 4.39 Å². The molecule has 0 aliphatic heterocycles. The minimum absolute atomic E-state index is 0.178. The maximum atomic E-state index is 12.5. The Balaban J connectivity index is 3.46. The molecule has 1 aromatic heterocycles. The molecule has 0 aromatic carbocycles. The minimum Gasteiger partial charge on any atom is -0.492 e. The predicted octanol–water partition coefficient (Wildman–Crippen LogP) is 3.48. The zero-order valence-corrected chi connectivity index (χ0v) is 9.19. The second kappa shape index (κ2) is 5.10. The van der Waals surface area contributed by atoms with Gasteiger partial charge in [-0.15, -0.1) is 13.2 Å². The van der Waals surface area contributed by atoms with E-state index in [9.17, 15) is 30.7 Å². The molecule has 1 rings (SSSR count). The fourth-order valence-electron chi connectivity index (χ4n) is 1.23. The van der Waals surface area contributed by atoms with E-state index >= 15 is 0 Å². The molecule has 0 N–H and O–H groups in total. The van der Waals surface area contributed by atoms with Crippen LogP contribution in [0.2, 0.25) is 0 Å². The van der Waals surface area contributed by atoms with Crippen LogP contribution in [0.4, 0.5) is 30.7 Å². The fraction of sp³-hybridized carbons (Fsp3) is 0.444. The van der Waals surface area contributed by atoms with E-state index in [0.717, 1.165) is 0 Å². The summed E-state index contributed by atoms with van der Waals surface area (Å²) in [5.41, 5.74) is -2.53. The Labute approximate surface area is 101 Å². The lowest BCUT2D eigenvalue weighted by molar-refractivity contribution is -0.275. The summed E-state index contributed by atoms with van der Waals surface area (Å²) >= 11 is 0. The summed E-state index contributed by atoms with van der Waals surface area (Å²) in [4.78, 5) is 2.96. The van der Waals surface area contributed by atoms with Crippen molar-refractivity contribution in [3.63, 3.8) is 0 Å². The molecule has 0 aliphatic carbocycles. The van der Waals surface area contributed by atoms with E-state index in [-0.39, 0.29) is 6.20 Å². The molecule has 0 radical (unpaired) electrons. The van der Waals surface area contributed by atoms with E-state index in [1.807, 2.05) is 0 Å². The number of halogens is 7. The van der Waals surface area contributed by atoms with Crippen molar-refractivity contribution in [1.29, 1.82) is 0 Å². The van der Waals surface area contributed by atoms with Gasteiger partial charge in [-0.3, -0.25) is 4.98 Å². The van der Waals surface area contributed by atoms with Crippen molar-refractivity contribution in [3.05, 3.63) is 17.5 Å². The Kier molecular flexibility index (Phi) is 4.11. The van der Waals surface area contributed by atoms with E-state index in [2.05, 4.69) is 14.5 Å². The second-order valence-corrected chi connectivity index (χ2v) is 3.16. The van der Waals surface area contributed by atoms with Crippen molar-refractivity contribution in [2.24, 2.45) is 0 Å². The topological polar surface area (TPSA) is 31.4 Å². The first-order valence-corrected chi connectivity index (χ1v) is 4.55. The molecule has 108 valence electrons. The van der Waals surface area contributed by atoms with E-state index in [1.54, 1.807) is 0 Å². The largest absolute Gasteiger partial charge is 0.573 e. The first-order valence-electron chi connectivity index (χ1n) is 4.55. The number of aromatic nitrogens is 1. The van der Waals surface area contributed by atoms with Crippen LogP contribution >= 0.6 is 0 Å². The SMILES string of the molecule is COc1c(C(F)(F)F)cnc(CF)c1OC(F)(F)F. The highest BCUT2D eigenvalue weighted by Gasteiger charge is 2.40. The summed E-state index contributed by atoms with van der Waals surface area (Å²) in [6, 6.07) is 0. The van der Waals surface area contributed by atoms with Crippen molar-refractivity contribution in [1.82, 2.24) is 4.98 Å². The second-order valence-electron chi connectivity index (χ2n) is 3.16. The van der Waals surface area contributed by atoms with Gasteiger partial charge in [-0.2, -0.15) is 13.2 Å². The lowest BCUT2D eigenvalue weighted by Gasteiger charge is -2.18. The van der Waals surface area contributed by atoms with E-state index in [4.69, 9.17) is 0 Å². The number of ether oxygens (including phenoxy) is 2. The molecular formula is C9H6F7NO2. The van der Waals surface area contributed by atoms with Gasteiger partial charge in [0.15, 0.2) is 11.5 Å². The van der Waals surface area contributed by atoms with Crippen molar-refractivity contribution in [2.75, 3.05) is 7.11 Å². The van der Waals surface area contributed by atoms with Gasteiger partial charge in [0.25, 0.3) is 0 Å². The summed E-state index contributed by atoms with van der Waals surface area (Å²) in [6.45, 7) is -1.54. The van der Waals surface area contributed by atoms with Crippen molar-refractivity contribution in [3.8, 4) is 11.5 Å². The Morgan fingerprint density at radius 3 is 2.05 bits per heavy atom. The van der Waals surface area contributed by atoms with Crippen LogP contribution in [0.25, 0.3) is 0 Å². The fourth-order valence-corrected chi connectivity index (χ4v) is 1.23. The van der Waals surface area contributed by atoms with Gasteiger partial charge < -0.3 is 9.47 Å². The monoisotopic (exact) mass is 293 g/mol. The van der Waals surface area contributed by atoms with Crippen LogP contribution in [0.3, 0.4) is 0 Å². The van der Waals surface area contributed by atoms with Gasteiger partial charge in [0.2, 0.25) is 0 Å². The van der Waals surface area contributed by atoms with Crippen molar-refractivity contribution >= 4 is 0 Å². The molecular weight excluding hydrogens is 287 g/mol. The molecule has 1 heterocycles. The molecule has 0 bridgehead atoms. The first kappa shape index (κ1) is 15.3. The van der Waals surface area contributed by atoms with Gasteiger partial charge in [-0.05, 0) is 0 Å². The molecule has 3 nitrogen and oxygen atoms in total. The van der Waals surface area contributed by atoms with Crippen molar-refractivity contribution < 1.29 is 40.2 Å². The third kappa shape index (κ3) is 3.61. The zero-order chi connectivity index (χ0) is 14.8. The summed E-state index contributed by atoms with van der Waals surface area (Å²) in [6.07, 6.45) is -10.1. The van der Waals surface area contributed by atoms with Crippen LogP contribution in [0, 0.1) is 0 Å². The summed E-state index contributed by atoms with van der Waals surface area (Å²) in [7, 11) is 0.704. The van der Waals surface area contributed by atoms with Gasteiger partial charge >= 0.3 is 12.5 Å². The maximum Gasteiger partial charge on any atom is 0.573 e. The minimum atomic E-state index is -5.30. The number of rotatable bonds is 3. The first-order chi connectivity index (χ1) is 8.60. The van der Waals surface area contributed by atoms with Gasteiger partial charge in [-0.1, -0.05) is 0 Å². The van der Waals surface area contributed by atoms with Crippen LogP contribution < -0.4 is 9.47 Å². The number of hydrogen-bond acceptors (Lipinski definition) is 3. The molecule has 0 atom stereocenters. The van der Waals surface area contributed by atoms with Crippen LogP contribution in [-0.4, -0.2) is 18.5 Å². The van der Waals surface area contributed by atoms with Gasteiger partial charge in [0, 0.05) is 6.20 Å². The number of nitrogens with zero attached hydrogens (tertiary/aromatic N) is 1. The Bertz CT molecular complexity index is 455. The molecule has 10 heteroatoms. The van der Waals surface area contributed by atoms with Crippen LogP contribution in [0.1, 0.15) is 11.3 Å². The number of methoxy groups -OCH3 is 1. The Morgan fingerprint density at radius 2 is 1.68 bits per heavy atom. The number of alkyl halides is 7. The third-order valence-electron chi connectivity index (χ3n) is 1.92. The smallest absolute Gasteiger partial charge is 0.492 e. The molecule has 0 spiro atoms. The molecule has 0 aliphatic rings. The van der Waals surface area contributed by atoms with Crippen LogP contribution in [0.5, 0.6) is 11.5 Å². The standard InChI is InChI=1S/C9H6F7NO2/c1-18-6-4(8(11,12)13)3-17-5(2-10)7(6)19-9(14,15)16/h3H,2H2,1H3. The van der Waals surface area contributed by atoms with Gasteiger partial charge in [0.05, 0.1) is 7.11 Å². The molecule has 0 amide bonds. The Morgan fingerprint density at radius 1 is 1.11 bits per heavy atom. The highest BCUT2D eigenvalue weighted by molar-refractivity contribution is 5.49. The summed E-state index contributed by atoms with van der Waals surface area (Å²) < 4.78 is 93.9. The maximum absolute atomic E-state index is 12.5. The third-order valence-corrected chi connectivity index (χ3v) is 1.92. The molecule has 1 aromatic rings. The normalized spacial score (nSPS) is 12.4. The average Bonchev–Trinajstić information content (AvgIpc) is 2.25. The number of hydrogen-bond donors (Lipinski definition) is 0. The average molecular weight is 293 g/mol. The molecule has 0 fully saturated rings. The quantitative estimate of drug-likeness (QED) is 0.800. The lowest BCUT2D eigenvalue weighted by Crippen LogP contribution is -2.20. The lowest BCUT2D eigenvalue weighted by atomic mass is 10.2. The zero-order valence-electron chi connectivity index (χ0n) is 9.19. The Hall–Kier alpha value is -1.74. The molecule has 19 heavy (non-hydrogen) atoms. The molecule has 0 saturated carbocycles. The molecule has 0 unspecified atom stereocenters.